The molecule has 1 aromatic carbocycles. The summed E-state index contributed by atoms with van der Waals surface area (Å²) < 4.78 is 11.0. The highest BCUT2D eigenvalue weighted by Gasteiger charge is 2.12. The van der Waals surface area contributed by atoms with Gasteiger partial charge >= 0.3 is 0 Å². The highest BCUT2D eigenvalue weighted by Crippen LogP contribution is 2.33. The van der Waals surface area contributed by atoms with E-state index < -0.39 is 0 Å². The van der Waals surface area contributed by atoms with Gasteiger partial charge < -0.3 is 9.47 Å². The highest BCUT2D eigenvalue weighted by molar-refractivity contribution is 7.79. The lowest BCUT2D eigenvalue weighted by atomic mass is 10.1. The number of hydrogen-bond acceptors (Lipinski definition) is 5. The number of rotatable bonds is 2. The predicted molar refractivity (Wildman–Crippen MR) is 71.1 cm³/mol. The topological polar surface area (TPSA) is 44.2 Å². The molecule has 0 saturated heterocycles. The second-order valence-electron chi connectivity index (χ2n) is 3.87. The molecule has 1 aliphatic heterocycles. The van der Waals surface area contributed by atoms with Crippen molar-refractivity contribution in [2.45, 2.75) is 5.75 Å². The summed E-state index contributed by atoms with van der Waals surface area (Å²) in [5.41, 5.74) is 1.86. The largest absolute Gasteiger partial charge is 0.486 e. The minimum absolute atomic E-state index is 0.526. The maximum atomic E-state index is 5.56. The van der Waals surface area contributed by atoms with Gasteiger partial charge in [0.15, 0.2) is 11.5 Å². The number of benzene rings is 1. The van der Waals surface area contributed by atoms with Crippen LogP contribution in [-0.2, 0) is 5.75 Å². The fraction of sp³-hybridized carbons (Fsp3) is 0.231. The third-order valence-electron chi connectivity index (χ3n) is 2.68. The molecule has 92 valence electrons. The minimum atomic E-state index is 0.526. The Kier molecular flexibility index (Phi) is 3.06. The van der Waals surface area contributed by atoms with E-state index in [0.717, 1.165) is 22.8 Å². The second-order valence-corrected chi connectivity index (χ2v) is 4.19. The lowest BCUT2D eigenvalue weighted by molar-refractivity contribution is 0.171. The van der Waals surface area contributed by atoms with Crippen molar-refractivity contribution in [3.05, 3.63) is 36.3 Å². The van der Waals surface area contributed by atoms with Crippen molar-refractivity contribution >= 4 is 12.6 Å². The van der Waals surface area contributed by atoms with Crippen molar-refractivity contribution in [1.82, 2.24) is 9.97 Å². The van der Waals surface area contributed by atoms with E-state index in [1.165, 1.54) is 0 Å². The van der Waals surface area contributed by atoms with Gasteiger partial charge in [0.05, 0.1) is 11.4 Å². The summed E-state index contributed by atoms with van der Waals surface area (Å²) in [5.74, 6) is 2.79. The summed E-state index contributed by atoms with van der Waals surface area (Å²) in [6.45, 7) is 1.19. The molecule has 0 unspecified atom stereocenters. The third-order valence-corrected chi connectivity index (χ3v) is 2.97. The van der Waals surface area contributed by atoms with Crippen molar-refractivity contribution in [2.24, 2.45) is 0 Å². The third kappa shape index (κ3) is 2.13. The highest BCUT2D eigenvalue weighted by atomic mass is 32.1. The SMILES string of the molecule is SCc1nccc(-c2ccc3c(c2)OCCO3)n1. The van der Waals surface area contributed by atoms with Gasteiger partial charge in [-0.2, -0.15) is 12.6 Å². The van der Waals surface area contributed by atoms with Gasteiger partial charge in [-0.15, -0.1) is 0 Å². The van der Waals surface area contributed by atoms with Crippen molar-refractivity contribution < 1.29 is 9.47 Å². The molecular formula is C13H12N2O2S. The van der Waals surface area contributed by atoms with E-state index in [-0.39, 0.29) is 0 Å². The average molecular weight is 260 g/mol. The summed E-state index contributed by atoms with van der Waals surface area (Å²) in [6, 6.07) is 7.70. The van der Waals surface area contributed by atoms with Crippen LogP contribution in [0, 0.1) is 0 Å². The van der Waals surface area contributed by atoms with Crippen molar-refractivity contribution in [3.8, 4) is 22.8 Å². The number of nitrogens with zero attached hydrogens (tertiary/aromatic N) is 2. The molecule has 2 aromatic rings. The average Bonchev–Trinajstić information content (AvgIpc) is 2.47. The minimum Gasteiger partial charge on any atom is -0.486 e. The van der Waals surface area contributed by atoms with E-state index in [4.69, 9.17) is 9.47 Å². The fourth-order valence-corrected chi connectivity index (χ4v) is 1.99. The van der Waals surface area contributed by atoms with Crippen LogP contribution < -0.4 is 9.47 Å². The normalized spacial score (nSPS) is 13.4. The summed E-state index contributed by atoms with van der Waals surface area (Å²) in [4.78, 5) is 8.55. The molecule has 0 fully saturated rings. The number of ether oxygens (including phenoxy) is 2. The molecule has 5 heteroatoms. The first-order chi connectivity index (χ1) is 8.86. The Balaban J connectivity index is 2.00. The maximum absolute atomic E-state index is 5.56. The van der Waals surface area contributed by atoms with E-state index in [1.54, 1.807) is 6.20 Å². The molecule has 0 saturated carbocycles. The summed E-state index contributed by atoms with van der Waals surface area (Å²) >= 11 is 4.18. The summed E-state index contributed by atoms with van der Waals surface area (Å²) in [7, 11) is 0. The molecule has 3 rings (SSSR count). The van der Waals surface area contributed by atoms with Gasteiger partial charge in [0, 0.05) is 11.8 Å². The lowest BCUT2D eigenvalue weighted by Crippen LogP contribution is -2.15. The van der Waals surface area contributed by atoms with Gasteiger partial charge in [0.25, 0.3) is 0 Å². The Morgan fingerprint density at radius 1 is 1.11 bits per heavy atom. The van der Waals surface area contributed by atoms with Gasteiger partial charge in [0.2, 0.25) is 0 Å². The van der Waals surface area contributed by atoms with Crippen molar-refractivity contribution in [1.29, 1.82) is 0 Å². The van der Waals surface area contributed by atoms with Crippen LogP contribution in [0.5, 0.6) is 11.5 Å². The van der Waals surface area contributed by atoms with Gasteiger partial charge in [-0.25, -0.2) is 9.97 Å². The molecule has 0 spiro atoms. The standard InChI is InChI=1S/C13H12N2O2S/c18-8-13-14-4-3-10(15-13)9-1-2-11-12(7-9)17-6-5-16-11/h1-4,7,18H,5-6,8H2. The molecule has 1 aromatic heterocycles. The number of fused-ring (bicyclic) bond motifs is 1. The van der Waals surface area contributed by atoms with Gasteiger partial charge in [-0.3, -0.25) is 0 Å². The first-order valence-corrected chi connectivity index (χ1v) is 6.33. The molecule has 2 heterocycles. The van der Waals surface area contributed by atoms with Crippen LogP contribution in [0.2, 0.25) is 0 Å². The zero-order valence-corrected chi connectivity index (χ0v) is 10.6. The van der Waals surface area contributed by atoms with Crippen LogP contribution in [0.4, 0.5) is 0 Å². The molecule has 1 aliphatic rings. The van der Waals surface area contributed by atoms with Crippen molar-refractivity contribution in [2.75, 3.05) is 13.2 Å². The Hall–Kier alpha value is -1.75. The molecule has 0 amide bonds. The second kappa shape index (κ2) is 4.86. The van der Waals surface area contributed by atoms with Crippen LogP contribution in [0.25, 0.3) is 11.3 Å². The molecule has 18 heavy (non-hydrogen) atoms. The van der Waals surface area contributed by atoms with Gasteiger partial charge in [-0.1, -0.05) is 0 Å². The van der Waals surface area contributed by atoms with E-state index in [0.29, 0.717) is 24.8 Å². The Bertz CT molecular complexity index is 575. The Labute approximate surface area is 110 Å². The van der Waals surface area contributed by atoms with Gasteiger partial charge in [-0.05, 0) is 24.3 Å². The molecular weight excluding hydrogens is 248 g/mol. The molecule has 0 atom stereocenters. The molecule has 0 aliphatic carbocycles. The molecule has 4 nitrogen and oxygen atoms in total. The van der Waals surface area contributed by atoms with E-state index in [9.17, 15) is 0 Å². The van der Waals surface area contributed by atoms with Crippen LogP contribution >= 0.6 is 12.6 Å². The van der Waals surface area contributed by atoms with E-state index in [2.05, 4.69) is 22.6 Å². The van der Waals surface area contributed by atoms with E-state index in [1.807, 2.05) is 24.3 Å². The Morgan fingerprint density at radius 3 is 2.78 bits per heavy atom. The zero-order chi connectivity index (χ0) is 12.4. The van der Waals surface area contributed by atoms with Crippen LogP contribution in [0.1, 0.15) is 5.82 Å². The molecule has 0 radical (unpaired) electrons. The maximum Gasteiger partial charge on any atom is 0.162 e. The molecule has 0 bridgehead atoms. The lowest BCUT2D eigenvalue weighted by Gasteiger charge is -2.18. The van der Waals surface area contributed by atoms with Crippen molar-refractivity contribution in [3.63, 3.8) is 0 Å². The predicted octanol–water partition coefficient (Wildman–Crippen LogP) is 2.34. The van der Waals surface area contributed by atoms with Crippen LogP contribution in [0.15, 0.2) is 30.5 Å². The monoisotopic (exact) mass is 260 g/mol. The molecule has 0 N–H and O–H groups in total. The zero-order valence-electron chi connectivity index (χ0n) is 9.67. The smallest absolute Gasteiger partial charge is 0.162 e. The Morgan fingerprint density at radius 2 is 1.94 bits per heavy atom. The van der Waals surface area contributed by atoms with Crippen LogP contribution in [0.3, 0.4) is 0 Å². The number of hydrogen-bond donors (Lipinski definition) is 1. The summed E-state index contributed by atoms with van der Waals surface area (Å²) in [5, 5.41) is 0. The fourth-order valence-electron chi connectivity index (χ4n) is 1.84. The first-order valence-electron chi connectivity index (χ1n) is 5.69. The van der Waals surface area contributed by atoms with E-state index >= 15 is 0 Å². The van der Waals surface area contributed by atoms with Gasteiger partial charge in [0.1, 0.15) is 19.0 Å². The first kappa shape index (κ1) is 11.3. The number of aromatic nitrogens is 2. The van der Waals surface area contributed by atoms with Crippen LogP contribution in [-0.4, -0.2) is 23.2 Å². The number of thiol groups is 1. The summed E-state index contributed by atoms with van der Waals surface area (Å²) in [6.07, 6.45) is 1.74. The quantitative estimate of drug-likeness (QED) is 0.842.